The molecule has 9 heteroatoms. The largest absolute Gasteiger partial charge is 0.480 e. The van der Waals surface area contributed by atoms with E-state index in [1.165, 1.54) is 6.07 Å². The molecule has 0 fully saturated rings. The summed E-state index contributed by atoms with van der Waals surface area (Å²) in [5.74, 6) is -2.14. The van der Waals surface area contributed by atoms with Crippen molar-refractivity contribution in [2.24, 2.45) is 0 Å². The zero-order valence-corrected chi connectivity index (χ0v) is 12.1. The standard InChI is InChI=1S/C13H7Cl2F3N2O2/c14-8(13(21)22)5-1-2-7(16)6(3-5)10-9(15)11(12(17)18)20-4-19-10/h1-4,8,12H,(H,21,22). The number of hydrogen-bond donors (Lipinski definition) is 1. The molecule has 1 aromatic heterocycles. The van der Waals surface area contributed by atoms with Gasteiger partial charge >= 0.3 is 5.97 Å². The van der Waals surface area contributed by atoms with Crippen LogP contribution in [-0.4, -0.2) is 21.0 Å². The van der Waals surface area contributed by atoms with Gasteiger partial charge in [0.05, 0.1) is 10.7 Å². The van der Waals surface area contributed by atoms with Crippen LogP contribution in [0.2, 0.25) is 5.02 Å². The molecule has 1 aromatic carbocycles. The van der Waals surface area contributed by atoms with Crippen molar-refractivity contribution in [3.63, 3.8) is 0 Å². The molecule has 0 aliphatic heterocycles. The number of aromatic nitrogens is 2. The van der Waals surface area contributed by atoms with Gasteiger partial charge in [-0.15, -0.1) is 11.6 Å². The van der Waals surface area contributed by atoms with Gasteiger partial charge < -0.3 is 5.11 Å². The second-order valence-corrected chi connectivity index (χ2v) is 4.98. The van der Waals surface area contributed by atoms with E-state index in [1.807, 2.05) is 0 Å². The first-order chi connectivity index (χ1) is 10.3. The molecule has 1 atom stereocenters. The van der Waals surface area contributed by atoms with Crippen LogP contribution in [0.1, 0.15) is 23.1 Å². The van der Waals surface area contributed by atoms with Crippen molar-refractivity contribution in [3.8, 4) is 11.3 Å². The monoisotopic (exact) mass is 350 g/mol. The third-order valence-electron chi connectivity index (χ3n) is 2.78. The van der Waals surface area contributed by atoms with Crippen LogP contribution in [0.25, 0.3) is 11.3 Å². The molecule has 0 saturated heterocycles. The van der Waals surface area contributed by atoms with Crippen LogP contribution in [0, 0.1) is 5.82 Å². The lowest BCUT2D eigenvalue weighted by molar-refractivity contribution is -0.136. The summed E-state index contributed by atoms with van der Waals surface area (Å²) in [6, 6.07) is 3.24. The van der Waals surface area contributed by atoms with Gasteiger partial charge in [-0.3, -0.25) is 4.79 Å². The van der Waals surface area contributed by atoms with E-state index in [9.17, 15) is 18.0 Å². The fraction of sp³-hybridized carbons (Fsp3) is 0.154. The molecule has 0 bridgehead atoms. The van der Waals surface area contributed by atoms with E-state index in [0.717, 1.165) is 18.5 Å². The Morgan fingerprint density at radius 3 is 2.55 bits per heavy atom. The Labute approximate surface area is 132 Å². The van der Waals surface area contributed by atoms with Crippen LogP contribution < -0.4 is 0 Å². The summed E-state index contributed by atoms with van der Waals surface area (Å²) in [7, 11) is 0. The average Bonchev–Trinajstić information content (AvgIpc) is 2.47. The maximum absolute atomic E-state index is 13.9. The fourth-order valence-electron chi connectivity index (χ4n) is 1.75. The molecule has 22 heavy (non-hydrogen) atoms. The van der Waals surface area contributed by atoms with Crippen LogP contribution >= 0.6 is 23.2 Å². The molecule has 0 spiro atoms. The first kappa shape index (κ1) is 16.5. The molecular formula is C13H7Cl2F3N2O2. The van der Waals surface area contributed by atoms with Crippen LogP contribution in [-0.2, 0) is 4.79 Å². The minimum Gasteiger partial charge on any atom is -0.480 e. The Kier molecular flexibility index (Phi) is 4.87. The predicted molar refractivity (Wildman–Crippen MR) is 73.6 cm³/mol. The Morgan fingerprint density at radius 2 is 1.95 bits per heavy atom. The zero-order valence-electron chi connectivity index (χ0n) is 10.6. The molecule has 1 heterocycles. The minimum atomic E-state index is -2.96. The summed E-state index contributed by atoms with van der Waals surface area (Å²) < 4.78 is 39.5. The highest BCUT2D eigenvalue weighted by atomic mass is 35.5. The lowest BCUT2D eigenvalue weighted by Crippen LogP contribution is -2.06. The van der Waals surface area contributed by atoms with Crippen molar-refractivity contribution < 1.29 is 23.1 Å². The van der Waals surface area contributed by atoms with Crippen molar-refractivity contribution in [2.75, 3.05) is 0 Å². The SMILES string of the molecule is O=C(O)C(Cl)c1ccc(F)c(-c2ncnc(C(F)F)c2Cl)c1. The number of carbonyl (C=O) groups is 1. The van der Waals surface area contributed by atoms with Crippen LogP contribution in [0.3, 0.4) is 0 Å². The van der Waals surface area contributed by atoms with E-state index in [1.54, 1.807) is 0 Å². The molecule has 0 aliphatic carbocycles. The predicted octanol–water partition coefficient (Wildman–Crippen LogP) is 4.24. The number of aliphatic carboxylic acids is 1. The number of carboxylic acids is 1. The molecule has 2 rings (SSSR count). The lowest BCUT2D eigenvalue weighted by atomic mass is 10.0. The number of halogens is 5. The summed E-state index contributed by atoms with van der Waals surface area (Å²) >= 11 is 11.5. The van der Waals surface area contributed by atoms with Crippen molar-refractivity contribution in [3.05, 3.63) is 46.6 Å². The number of carboxylic acid groups (broad SMARTS) is 1. The first-order valence-electron chi connectivity index (χ1n) is 5.78. The number of rotatable bonds is 4. The van der Waals surface area contributed by atoms with Gasteiger partial charge in [0, 0.05) is 5.56 Å². The highest BCUT2D eigenvalue weighted by Crippen LogP contribution is 2.35. The second kappa shape index (κ2) is 6.50. The normalized spacial score (nSPS) is 12.5. The Balaban J connectivity index is 2.60. The second-order valence-electron chi connectivity index (χ2n) is 4.16. The molecule has 0 amide bonds. The molecule has 116 valence electrons. The van der Waals surface area contributed by atoms with Crippen molar-refractivity contribution in [2.45, 2.75) is 11.8 Å². The van der Waals surface area contributed by atoms with Gasteiger partial charge in [0.2, 0.25) is 0 Å². The molecule has 2 aromatic rings. The Bertz CT molecular complexity index is 728. The summed E-state index contributed by atoms with van der Waals surface area (Å²) in [6.07, 6.45) is -2.13. The maximum atomic E-state index is 13.9. The first-order valence-corrected chi connectivity index (χ1v) is 6.59. The van der Waals surface area contributed by atoms with E-state index in [-0.39, 0.29) is 16.8 Å². The molecule has 4 nitrogen and oxygen atoms in total. The van der Waals surface area contributed by atoms with E-state index in [0.29, 0.717) is 0 Å². The fourth-order valence-corrected chi connectivity index (χ4v) is 2.17. The van der Waals surface area contributed by atoms with Gasteiger partial charge in [-0.25, -0.2) is 23.1 Å². The molecular weight excluding hydrogens is 344 g/mol. The van der Waals surface area contributed by atoms with Crippen LogP contribution in [0.15, 0.2) is 24.5 Å². The third kappa shape index (κ3) is 3.15. The van der Waals surface area contributed by atoms with Gasteiger partial charge in [0.25, 0.3) is 6.43 Å². The number of benzene rings is 1. The van der Waals surface area contributed by atoms with Crippen molar-refractivity contribution in [1.82, 2.24) is 9.97 Å². The number of hydrogen-bond acceptors (Lipinski definition) is 3. The minimum absolute atomic E-state index is 0.0684. The van der Waals surface area contributed by atoms with E-state index in [2.05, 4.69) is 9.97 Å². The molecule has 0 aliphatic rings. The highest BCUT2D eigenvalue weighted by Gasteiger charge is 2.23. The number of nitrogens with zero attached hydrogens (tertiary/aromatic N) is 2. The maximum Gasteiger partial charge on any atom is 0.326 e. The molecule has 0 saturated carbocycles. The summed E-state index contributed by atoms with van der Waals surface area (Å²) in [6.45, 7) is 0. The topological polar surface area (TPSA) is 63.1 Å². The molecule has 0 radical (unpaired) electrons. The zero-order chi connectivity index (χ0) is 16.4. The van der Waals surface area contributed by atoms with E-state index >= 15 is 0 Å². The van der Waals surface area contributed by atoms with Gasteiger partial charge in [0.15, 0.2) is 5.38 Å². The van der Waals surface area contributed by atoms with Gasteiger partial charge in [-0.1, -0.05) is 17.7 Å². The molecule has 1 unspecified atom stereocenters. The van der Waals surface area contributed by atoms with Gasteiger partial charge in [-0.2, -0.15) is 0 Å². The van der Waals surface area contributed by atoms with Gasteiger partial charge in [-0.05, 0) is 17.7 Å². The lowest BCUT2D eigenvalue weighted by Gasteiger charge is -2.11. The summed E-state index contributed by atoms with van der Waals surface area (Å²) in [4.78, 5) is 17.9. The smallest absolute Gasteiger partial charge is 0.326 e. The highest BCUT2D eigenvalue weighted by molar-refractivity contribution is 6.33. The average molecular weight is 351 g/mol. The summed E-state index contributed by atoms with van der Waals surface area (Å²) in [5, 5.41) is 6.93. The number of alkyl halides is 3. The Morgan fingerprint density at radius 1 is 1.27 bits per heavy atom. The Hall–Kier alpha value is -1.86. The van der Waals surface area contributed by atoms with Crippen molar-refractivity contribution in [1.29, 1.82) is 0 Å². The quantitative estimate of drug-likeness (QED) is 0.837. The summed E-state index contributed by atoms with van der Waals surface area (Å²) in [5.41, 5.74) is -1.17. The van der Waals surface area contributed by atoms with Gasteiger partial charge in [0.1, 0.15) is 17.8 Å². The third-order valence-corrected chi connectivity index (χ3v) is 3.59. The van der Waals surface area contributed by atoms with E-state index in [4.69, 9.17) is 28.3 Å². The van der Waals surface area contributed by atoms with E-state index < -0.39 is 34.3 Å². The van der Waals surface area contributed by atoms with Crippen LogP contribution in [0.5, 0.6) is 0 Å². The van der Waals surface area contributed by atoms with Crippen LogP contribution in [0.4, 0.5) is 13.2 Å². The van der Waals surface area contributed by atoms with Crippen molar-refractivity contribution >= 4 is 29.2 Å². The molecule has 1 N–H and O–H groups in total.